The number of hydrogen-bond donors (Lipinski definition) is 1. The van der Waals surface area contributed by atoms with E-state index >= 15 is 0 Å². The molecule has 0 aromatic heterocycles. The number of ether oxygens (including phenoxy) is 1. The number of phenols is 1. The molecular formula is C20H17F3O3. The number of para-hydroxylation sites is 1. The van der Waals surface area contributed by atoms with Gasteiger partial charge in [0.1, 0.15) is 5.75 Å². The Hall–Kier alpha value is -3.02. The summed E-state index contributed by atoms with van der Waals surface area (Å²) in [5.41, 5.74) is 0.603. The van der Waals surface area contributed by atoms with Gasteiger partial charge < -0.3 is 9.84 Å². The minimum atomic E-state index is -4.43. The topological polar surface area (TPSA) is 46.5 Å². The molecule has 0 saturated heterocycles. The molecule has 0 aliphatic heterocycles. The highest BCUT2D eigenvalue weighted by molar-refractivity contribution is 5.86. The second-order valence-corrected chi connectivity index (χ2v) is 5.28. The Morgan fingerprint density at radius 2 is 1.77 bits per heavy atom. The van der Waals surface area contributed by atoms with E-state index in [0.717, 1.165) is 12.1 Å². The summed E-state index contributed by atoms with van der Waals surface area (Å²) in [5.74, 6) is -0.559. The molecule has 2 aromatic carbocycles. The van der Waals surface area contributed by atoms with E-state index in [0.29, 0.717) is 16.7 Å². The SMILES string of the molecule is CCOC(=O)C=CC=C(c1ccc(C(F)(F)F)cc1)c1ccccc1O. The van der Waals surface area contributed by atoms with Crippen LogP contribution < -0.4 is 0 Å². The molecule has 136 valence electrons. The lowest BCUT2D eigenvalue weighted by Gasteiger charge is -2.12. The van der Waals surface area contributed by atoms with Crippen molar-refractivity contribution in [1.29, 1.82) is 0 Å². The van der Waals surface area contributed by atoms with E-state index in [2.05, 4.69) is 0 Å². The van der Waals surface area contributed by atoms with Crippen molar-refractivity contribution in [3.05, 3.63) is 83.4 Å². The van der Waals surface area contributed by atoms with Gasteiger partial charge in [0, 0.05) is 11.6 Å². The van der Waals surface area contributed by atoms with Crippen molar-refractivity contribution in [2.24, 2.45) is 0 Å². The molecule has 0 saturated carbocycles. The Kier molecular flexibility index (Phi) is 6.22. The number of rotatable bonds is 5. The van der Waals surface area contributed by atoms with Crippen LogP contribution in [0, 0.1) is 0 Å². The van der Waals surface area contributed by atoms with Gasteiger partial charge in [-0.15, -0.1) is 0 Å². The predicted octanol–water partition coefficient (Wildman–Crippen LogP) is 4.96. The van der Waals surface area contributed by atoms with Crippen molar-refractivity contribution in [2.45, 2.75) is 13.1 Å². The number of carbonyl (C=O) groups is 1. The number of phenolic OH excluding ortho intramolecular Hbond substituents is 1. The summed E-state index contributed by atoms with van der Waals surface area (Å²) in [7, 11) is 0. The summed E-state index contributed by atoms with van der Waals surface area (Å²) in [5, 5.41) is 10.1. The number of alkyl halides is 3. The van der Waals surface area contributed by atoms with Crippen molar-refractivity contribution in [3.63, 3.8) is 0 Å². The van der Waals surface area contributed by atoms with Crippen molar-refractivity contribution in [3.8, 4) is 5.75 Å². The van der Waals surface area contributed by atoms with Crippen molar-refractivity contribution >= 4 is 11.5 Å². The monoisotopic (exact) mass is 362 g/mol. The van der Waals surface area contributed by atoms with E-state index in [1.54, 1.807) is 25.1 Å². The molecule has 0 amide bonds. The van der Waals surface area contributed by atoms with E-state index in [9.17, 15) is 23.1 Å². The van der Waals surface area contributed by atoms with Gasteiger partial charge in [0.25, 0.3) is 0 Å². The average Bonchev–Trinajstić information content (AvgIpc) is 2.59. The van der Waals surface area contributed by atoms with Gasteiger partial charge in [-0.3, -0.25) is 0 Å². The highest BCUT2D eigenvalue weighted by Crippen LogP contribution is 2.33. The lowest BCUT2D eigenvalue weighted by molar-refractivity contribution is -0.138. The molecule has 0 spiro atoms. The van der Waals surface area contributed by atoms with Gasteiger partial charge in [0.2, 0.25) is 0 Å². The summed E-state index contributed by atoms with van der Waals surface area (Å²) in [6, 6.07) is 11.0. The molecule has 1 N–H and O–H groups in total. The second-order valence-electron chi connectivity index (χ2n) is 5.28. The van der Waals surface area contributed by atoms with E-state index < -0.39 is 17.7 Å². The fourth-order valence-electron chi connectivity index (χ4n) is 2.29. The molecule has 0 heterocycles. The van der Waals surface area contributed by atoms with Gasteiger partial charge in [-0.05, 0) is 36.3 Å². The normalized spacial score (nSPS) is 12.4. The van der Waals surface area contributed by atoms with Crippen LogP contribution in [-0.2, 0) is 15.7 Å². The Bertz CT molecular complexity index is 819. The number of esters is 1. The molecule has 2 rings (SSSR count). The average molecular weight is 362 g/mol. The fraction of sp³-hybridized carbons (Fsp3) is 0.150. The molecule has 0 aliphatic rings. The summed E-state index contributed by atoms with van der Waals surface area (Å²) < 4.78 is 43.0. The molecule has 0 aliphatic carbocycles. The molecule has 6 heteroatoms. The zero-order chi connectivity index (χ0) is 19.2. The maximum Gasteiger partial charge on any atom is 0.416 e. The molecule has 0 fully saturated rings. The molecule has 0 radical (unpaired) electrons. The zero-order valence-corrected chi connectivity index (χ0v) is 14.0. The number of benzene rings is 2. The van der Waals surface area contributed by atoms with Crippen LogP contribution in [0.2, 0.25) is 0 Å². The predicted molar refractivity (Wildman–Crippen MR) is 92.4 cm³/mol. The molecule has 0 bridgehead atoms. The lowest BCUT2D eigenvalue weighted by atomic mass is 9.95. The highest BCUT2D eigenvalue weighted by atomic mass is 19.4. The molecule has 2 aromatic rings. The Balaban J connectivity index is 2.44. The van der Waals surface area contributed by atoms with Gasteiger partial charge in [-0.1, -0.05) is 42.5 Å². The van der Waals surface area contributed by atoms with Gasteiger partial charge in [0.15, 0.2) is 0 Å². The van der Waals surface area contributed by atoms with Gasteiger partial charge in [-0.2, -0.15) is 13.2 Å². The smallest absolute Gasteiger partial charge is 0.416 e. The summed E-state index contributed by atoms with van der Waals surface area (Å²) >= 11 is 0. The van der Waals surface area contributed by atoms with Crippen LogP contribution in [-0.4, -0.2) is 17.7 Å². The standard InChI is InChI=1S/C20H17F3O3/c1-2-26-19(25)9-5-7-16(17-6-3-4-8-18(17)24)14-10-12-15(13-11-14)20(21,22)23/h3-13,24H,2H2,1H3. The van der Waals surface area contributed by atoms with E-state index in [1.807, 2.05) is 0 Å². The fourth-order valence-corrected chi connectivity index (χ4v) is 2.29. The van der Waals surface area contributed by atoms with Crippen LogP contribution >= 0.6 is 0 Å². The van der Waals surface area contributed by atoms with E-state index in [4.69, 9.17) is 4.74 Å². The number of carbonyl (C=O) groups excluding carboxylic acids is 1. The minimum Gasteiger partial charge on any atom is -0.507 e. The first-order chi connectivity index (χ1) is 12.3. The van der Waals surface area contributed by atoms with Crippen LogP contribution in [0.3, 0.4) is 0 Å². The summed E-state index contributed by atoms with van der Waals surface area (Å²) in [6.45, 7) is 1.91. The number of allylic oxidation sites excluding steroid dienone is 2. The van der Waals surface area contributed by atoms with Crippen LogP contribution in [0.25, 0.3) is 5.57 Å². The van der Waals surface area contributed by atoms with Gasteiger partial charge in [-0.25, -0.2) is 4.79 Å². The van der Waals surface area contributed by atoms with Crippen LogP contribution in [0.4, 0.5) is 13.2 Å². The second kappa shape index (κ2) is 8.38. The third kappa shape index (κ3) is 4.99. The highest BCUT2D eigenvalue weighted by Gasteiger charge is 2.30. The van der Waals surface area contributed by atoms with Crippen molar-refractivity contribution < 1.29 is 27.8 Å². The number of hydrogen-bond acceptors (Lipinski definition) is 3. The molecule has 0 unspecified atom stereocenters. The maximum atomic E-state index is 12.8. The molecular weight excluding hydrogens is 345 g/mol. The van der Waals surface area contributed by atoms with Crippen molar-refractivity contribution in [2.75, 3.05) is 6.61 Å². The first kappa shape index (κ1) is 19.3. The van der Waals surface area contributed by atoms with Crippen LogP contribution in [0.5, 0.6) is 5.75 Å². The van der Waals surface area contributed by atoms with E-state index in [-0.39, 0.29) is 12.4 Å². The first-order valence-electron chi connectivity index (χ1n) is 7.84. The Labute approximate surface area is 149 Å². The van der Waals surface area contributed by atoms with Crippen molar-refractivity contribution in [1.82, 2.24) is 0 Å². The maximum absolute atomic E-state index is 12.8. The van der Waals surface area contributed by atoms with Crippen LogP contribution in [0.15, 0.2) is 66.8 Å². The lowest BCUT2D eigenvalue weighted by Crippen LogP contribution is -2.04. The van der Waals surface area contributed by atoms with Gasteiger partial charge in [0.05, 0.1) is 12.2 Å². The first-order valence-corrected chi connectivity index (χ1v) is 7.84. The largest absolute Gasteiger partial charge is 0.507 e. The Morgan fingerprint density at radius 1 is 1.12 bits per heavy atom. The number of halogens is 3. The molecule has 3 nitrogen and oxygen atoms in total. The third-order valence-corrected chi connectivity index (χ3v) is 3.50. The minimum absolute atomic E-state index is 0.0248. The van der Waals surface area contributed by atoms with Gasteiger partial charge >= 0.3 is 12.1 Å². The summed E-state index contributed by atoms with van der Waals surface area (Å²) in [4.78, 5) is 11.4. The third-order valence-electron chi connectivity index (χ3n) is 3.50. The Morgan fingerprint density at radius 3 is 2.35 bits per heavy atom. The van der Waals surface area contributed by atoms with Crippen LogP contribution in [0.1, 0.15) is 23.6 Å². The molecule has 0 atom stereocenters. The number of aromatic hydroxyl groups is 1. The zero-order valence-electron chi connectivity index (χ0n) is 14.0. The quantitative estimate of drug-likeness (QED) is 0.464. The molecule has 26 heavy (non-hydrogen) atoms. The van der Waals surface area contributed by atoms with E-state index in [1.165, 1.54) is 36.4 Å². The summed E-state index contributed by atoms with van der Waals surface area (Å²) in [6.07, 6.45) is -0.263.